The van der Waals surface area contributed by atoms with Crippen LogP contribution in [0.15, 0.2) is 42.5 Å². The molecule has 0 bridgehead atoms. The molecule has 0 aliphatic heterocycles. The smallest absolute Gasteiger partial charge is 0.267 e. The lowest BCUT2D eigenvalue weighted by molar-refractivity contribution is 0.103. The van der Waals surface area contributed by atoms with Gasteiger partial charge in [-0.05, 0) is 48.9 Å². The fourth-order valence-electron chi connectivity index (χ4n) is 3.24. The third-order valence-corrected chi connectivity index (χ3v) is 6.06. The average molecular weight is 342 g/mol. The quantitative estimate of drug-likeness (QED) is 0.637. The lowest BCUT2D eigenvalue weighted by Gasteiger charge is -2.19. The van der Waals surface area contributed by atoms with Crippen LogP contribution in [-0.2, 0) is 12.8 Å². The van der Waals surface area contributed by atoms with Crippen molar-refractivity contribution in [1.29, 1.82) is 0 Å². The Morgan fingerprint density at radius 1 is 1.04 bits per heavy atom. The van der Waals surface area contributed by atoms with Crippen LogP contribution in [-0.4, -0.2) is 5.91 Å². The van der Waals surface area contributed by atoms with Crippen molar-refractivity contribution >= 4 is 44.6 Å². The third kappa shape index (κ3) is 2.64. The maximum atomic E-state index is 12.7. The molecular weight excluding hydrogens is 326 g/mol. The first kappa shape index (κ1) is 14.7. The number of aryl methyl sites for hydroxylation is 1. The highest BCUT2D eigenvalue weighted by Crippen LogP contribution is 2.36. The Morgan fingerprint density at radius 3 is 2.74 bits per heavy atom. The molecule has 0 spiro atoms. The summed E-state index contributed by atoms with van der Waals surface area (Å²) in [6.45, 7) is 0. The molecule has 4 heteroatoms. The number of carbonyl (C=O) groups excluding carboxylic acids is 1. The molecule has 116 valence electrons. The van der Waals surface area contributed by atoms with Gasteiger partial charge in [0.05, 0.1) is 5.02 Å². The molecular formula is C19H16ClNOS. The number of rotatable bonds is 2. The van der Waals surface area contributed by atoms with E-state index in [0.29, 0.717) is 9.90 Å². The summed E-state index contributed by atoms with van der Waals surface area (Å²) in [7, 11) is 0. The topological polar surface area (TPSA) is 29.1 Å². The van der Waals surface area contributed by atoms with Gasteiger partial charge < -0.3 is 5.32 Å². The van der Waals surface area contributed by atoms with E-state index < -0.39 is 0 Å². The molecule has 1 aliphatic rings. The second kappa shape index (κ2) is 5.99. The molecule has 23 heavy (non-hydrogen) atoms. The summed E-state index contributed by atoms with van der Waals surface area (Å²) in [4.78, 5) is 13.3. The van der Waals surface area contributed by atoms with Crippen molar-refractivity contribution in [2.75, 3.05) is 5.32 Å². The maximum absolute atomic E-state index is 12.7. The Morgan fingerprint density at radius 2 is 1.87 bits per heavy atom. The average Bonchev–Trinajstić information content (AvgIpc) is 2.93. The number of thiophene rings is 1. The minimum absolute atomic E-state index is 0.116. The molecule has 0 unspecified atom stereocenters. The van der Waals surface area contributed by atoms with Crippen molar-refractivity contribution in [2.24, 2.45) is 0 Å². The van der Waals surface area contributed by atoms with Crippen molar-refractivity contribution in [3.05, 3.63) is 63.5 Å². The van der Waals surface area contributed by atoms with Crippen LogP contribution < -0.4 is 5.32 Å². The van der Waals surface area contributed by atoms with E-state index in [9.17, 15) is 4.79 Å². The molecule has 2 aromatic carbocycles. The Kier molecular flexibility index (Phi) is 3.83. The fraction of sp³-hybridized carbons (Fsp3) is 0.211. The maximum Gasteiger partial charge on any atom is 0.267 e. The van der Waals surface area contributed by atoms with E-state index in [2.05, 4.69) is 11.4 Å². The molecule has 0 radical (unpaired) electrons. The van der Waals surface area contributed by atoms with E-state index in [4.69, 9.17) is 11.6 Å². The van der Waals surface area contributed by atoms with Crippen LogP contribution in [0.25, 0.3) is 10.1 Å². The number of anilines is 1. The highest BCUT2D eigenvalue weighted by Gasteiger charge is 2.19. The van der Waals surface area contributed by atoms with Crippen LogP contribution in [0.2, 0.25) is 5.02 Å². The van der Waals surface area contributed by atoms with Gasteiger partial charge in [-0.25, -0.2) is 0 Å². The van der Waals surface area contributed by atoms with Gasteiger partial charge >= 0.3 is 0 Å². The number of nitrogens with one attached hydrogen (secondary N) is 1. The van der Waals surface area contributed by atoms with Gasteiger partial charge in [0.15, 0.2) is 0 Å². The van der Waals surface area contributed by atoms with Crippen molar-refractivity contribution in [2.45, 2.75) is 25.7 Å². The zero-order valence-corrected chi connectivity index (χ0v) is 14.1. The van der Waals surface area contributed by atoms with E-state index >= 15 is 0 Å². The van der Waals surface area contributed by atoms with Crippen LogP contribution in [0.3, 0.4) is 0 Å². The SMILES string of the molecule is O=C(Nc1cccc2c1CCCC2)c1sc2ccccc2c1Cl. The molecule has 0 saturated heterocycles. The fourth-order valence-corrected chi connectivity index (χ4v) is 4.65. The number of carbonyl (C=O) groups is 1. The first-order chi connectivity index (χ1) is 11.2. The van der Waals surface area contributed by atoms with Crippen molar-refractivity contribution in [1.82, 2.24) is 0 Å². The predicted octanol–water partition coefficient (Wildman–Crippen LogP) is 5.69. The van der Waals surface area contributed by atoms with Crippen LogP contribution in [0, 0.1) is 0 Å². The van der Waals surface area contributed by atoms with Gasteiger partial charge in [-0.15, -0.1) is 11.3 Å². The highest BCUT2D eigenvalue weighted by atomic mass is 35.5. The van der Waals surface area contributed by atoms with Crippen molar-refractivity contribution in [3.8, 4) is 0 Å². The molecule has 1 N–H and O–H groups in total. The van der Waals surface area contributed by atoms with Crippen LogP contribution in [0.5, 0.6) is 0 Å². The summed E-state index contributed by atoms with van der Waals surface area (Å²) < 4.78 is 1.04. The zero-order chi connectivity index (χ0) is 15.8. The summed E-state index contributed by atoms with van der Waals surface area (Å²) in [5, 5.41) is 4.57. The minimum Gasteiger partial charge on any atom is -0.321 e. The van der Waals surface area contributed by atoms with Gasteiger partial charge in [0.1, 0.15) is 4.88 Å². The summed E-state index contributed by atoms with van der Waals surface area (Å²) in [5.41, 5.74) is 3.57. The van der Waals surface area contributed by atoms with Gasteiger partial charge in [-0.1, -0.05) is 41.9 Å². The van der Waals surface area contributed by atoms with E-state index in [1.54, 1.807) is 0 Å². The predicted molar refractivity (Wildman–Crippen MR) is 97.9 cm³/mol. The summed E-state index contributed by atoms with van der Waals surface area (Å²) in [6, 6.07) is 14.0. The Hall–Kier alpha value is -1.84. The minimum atomic E-state index is -0.116. The monoisotopic (exact) mass is 341 g/mol. The van der Waals surface area contributed by atoms with Crippen LogP contribution >= 0.6 is 22.9 Å². The first-order valence-electron chi connectivity index (χ1n) is 7.83. The molecule has 1 aliphatic carbocycles. The molecule has 2 nitrogen and oxygen atoms in total. The highest BCUT2D eigenvalue weighted by molar-refractivity contribution is 7.21. The van der Waals surface area contributed by atoms with Crippen LogP contribution in [0.1, 0.15) is 33.6 Å². The van der Waals surface area contributed by atoms with Crippen LogP contribution in [0.4, 0.5) is 5.69 Å². The second-order valence-corrected chi connectivity index (χ2v) is 7.28. The molecule has 0 fully saturated rings. The Labute approximate surface area is 144 Å². The number of hydrogen-bond donors (Lipinski definition) is 1. The standard InChI is InChI=1S/C19H16ClNOS/c20-17-14-9-3-4-11-16(14)23-18(17)19(22)21-15-10-5-7-12-6-1-2-8-13(12)15/h3-5,7,9-11H,1-2,6,8H2,(H,21,22). The van der Waals surface area contributed by atoms with Gasteiger partial charge in [-0.3, -0.25) is 4.79 Å². The molecule has 3 aromatic rings. The third-order valence-electron chi connectivity index (χ3n) is 4.39. The molecule has 0 atom stereocenters. The van der Waals surface area contributed by atoms with Gasteiger partial charge in [-0.2, -0.15) is 0 Å². The lowest BCUT2D eigenvalue weighted by atomic mass is 9.90. The number of benzene rings is 2. The second-order valence-electron chi connectivity index (χ2n) is 5.85. The van der Waals surface area contributed by atoms with E-state index in [1.165, 1.54) is 35.3 Å². The number of hydrogen-bond acceptors (Lipinski definition) is 2. The zero-order valence-electron chi connectivity index (χ0n) is 12.6. The largest absolute Gasteiger partial charge is 0.321 e. The number of amides is 1. The Balaban J connectivity index is 1.69. The Bertz CT molecular complexity index is 900. The van der Waals surface area contributed by atoms with Crippen molar-refractivity contribution in [3.63, 3.8) is 0 Å². The van der Waals surface area contributed by atoms with E-state index in [1.807, 2.05) is 36.4 Å². The molecule has 1 heterocycles. The molecule has 1 aromatic heterocycles. The van der Waals surface area contributed by atoms with E-state index in [-0.39, 0.29) is 5.91 Å². The number of halogens is 1. The first-order valence-corrected chi connectivity index (χ1v) is 9.02. The summed E-state index contributed by atoms with van der Waals surface area (Å²) >= 11 is 7.86. The lowest BCUT2D eigenvalue weighted by Crippen LogP contribution is -2.14. The van der Waals surface area contributed by atoms with Gasteiger partial charge in [0, 0.05) is 15.8 Å². The number of fused-ring (bicyclic) bond motifs is 2. The molecule has 4 rings (SSSR count). The normalized spacial score (nSPS) is 13.8. The molecule has 1 amide bonds. The van der Waals surface area contributed by atoms with Gasteiger partial charge in [0.25, 0.3) is 5.91 Å². The van der Waals surface area contributed by atoms with E-state index in [0.717, 1.165) is 28.6 Å². The van der Waals surface area contributed by atoms with Gasteiger partial charge in [0.2, 0.25) is 0 Å². The van der Waals surface area contributed by atoms with Crippen molar-refractivity contribution < 1.29 is 4.79 Å². The summed E-state index contributed by atoms with van der Waals surface area (Å²) in [6.07, 6.45) is 4.55. The molecule has 0 saturated carbocycles. The summed E-state index contributed by atoms with van der Waals surface area (Å²) in [5.74, 6) is -0.116.